The Hall–Kier alpha value is -0.770. The topological polar surface area (TPSA) is 23.8 Å². The monoisotopic (exact) mass is 125 g/mol. The molecule has 0 aromatic heterocycles. The first-order chi connectivity index (χ1) is 4.18. The Bertz CT molecular complexity index is 95.6. The first kappa shape index (κ1) is 11.1. The quantitative estimate of drug-likeness (QED) is 0.494. The second-order valence-electron chi connectivity index (χ2n) is 1.89. The molecule has 0 bridgehead atoms. The van der Waals surface area contributed by atoms with E-state index < -0.39 is 0 Å². The number of unbranched alkanes of at least 4 members (excludes halogenated alkanes) is 1. The van der Waals surface area contributed by atoms with Crippen LogP contribution in [0.25, 0.3) is 0 Å². The number of allylic oxidation sites excluding steroid dienone is 1. The SMILES string of the molecule is C=C(C)C#N.CCCC. The van der Waals surface area contributed by atoms with E-state index >= 15 is 0 Å². The highest BCUT2D eigenvalue weighted by Gasteiger charge is 1.64. The van der Waals surface area contributed by atoms with Crippen molar-refractivity contribution in [3.05, 3.63) is 12.2 Å². The first-order valence-corrected chi connectivity index (χ1v) is 3.24. The van der Waals surface area contributed by atoms with E-state index in [9.17, 15) is 0 Å². The number of rotatable bonds is 1. The molecule has 0 unspecified atom stereocenters. The van der Waals surface area contributed by atoms with Gasteiger partial charge in [0.05, 0.1) is 6.07 Å². The van der Waals surface area contributed by atoms with E-state index in [1.807, 2.05) is 6.07 Å². The Morgan fingerprint density at radius 2 is 1.67 bits per heavy atom. The third-order valence-electron chi connectivity index (χ3n) is 0.691. The predicted molar refractivity (Wildman–Crippen MR) is 41.0 cm³/mol. The number of hydrogen-bond donors (Lipinski definition) is 0. The van der Waals surface area contributed by atoms with Crippen LogP contribution in [0.15, 0.2) is 12.2 Å². The second kappa shape index (κ2) is 10.3. The second-order valence-corrected chi connectivity index (χ2v) is 1.89. The highest BCUT2D eigenvalue weighted by molar-refractivity contribution is 5.11. The summed E-state index contributed by atoms with van der Waals surface area (Å²) in [6.07, 6.45) is 2.64. The van der Waals surface area contributed by atoms with Gasteiger partial charge in [0.25, 0.3) is 0 Å². The molecule has 1 heteroatoms. The highest BCUT2D eigenvalue weighted by Crippen LogP contribution is 1.76. The minimum atomic E-state index is 0.560. The van der Waals surface area contributed by atoms with Gasteiger partial charge in [-0.2, -0.15) is 5.26 Å². The highest BCUT2D eigenvalue weighted by atomic mass is 14.2. The number of nitriles is 1. The number of hydrogen-bond acceptors (Lipinski definition) is 1. The molecule has 0 aliphatic carbocycles. The van der Waals surface area contributed by atoms with Gasteiger partial charge in [-0.3, -0.25) is 0 Å². The van der Waals surface area contributed by atoms with Gasteiger partial charge in [-0.05, 0) is 6.92 Å². The van der Waals surface area contributed by atoms with Crippen molar-refractivity contribution in [1.82, 2.24) is 0 Å². The lowest BCUT2D eigenvalue weighted by atomic mass is 10.4. The van der Waals surface area contributed by atoms with Gasteiger partial charge >= 0.3 is 0 Å². The van der Waals surface area contributed by atoms with Gasteiger partial charge in [0, 0.05) is 5.57 Å². The van der Waals surface area contributed by atoms with Crippen molar-refractivity contribution in [3.8, 4) is 6.07 Å². The molecule has 0 heterocycles. The minimum absolute atomic E-state index is 0.560. The summed E-state index contributed by atoms with van der Waals surface area (Å²) in [4.78, 5) is 0. The fourth-order valence-corrected chi connectivity index (χ4v) is 0. The molecule has 0 N–H and O–H groups in total. The van der Waals surface area contributed by atoms with Crippen LogP contribution in [0.4, 0.5) is 0 Å². The molecule has 0 aliphatic rings. The first-order valence-electron chi connectivity index (χ1n) is 3.24. The van der Waals surface area contributed by atoms with Crippen molar-refractivity contribution in [1.29, 1.82) is 5.26 Å². The Labute approximate surface area is 58.0 Å². The third-order valence-corrected chi connectivity index (χ3v) is 0.691. The Kier molecular flexibility index (Phi) is 12.6. The van der Waals surface area contributed by atoms with Crippen LogP contribution in [0.3, 0.4) is 0 Å². The van der Waals surface area contributed by atoms with Crippen LogP contribution in [0.2, 0.25) is 0 Å². The molecule has 0 fully saturated rings. The molecule has 1 nitrogen and oxygen atoms in total. The maximum absolute atomic E-state index is 7.79. The maximum atomic E-state index is 7.79. The summed E-state index contributed by atoms with van der Waals surface area (Å²) in [7, 11) is 0. The molecule has 0 aliphatic heterocycles. The van der Waals surface area contributed by atoms with Crippen LogP contribution in [0.1, 0.15) is 33.6 Å². The van der Waals surface area contributed by atoms with Crippen LogP contribution in [0, 0.1) is 11.3 Å². The molecule has 0 aromatic rings. The summed E-state index contributed by atoms with van der Waals surface area (Å²) in [5, 5.41) is 7.79. The van der Waals surface area contributed by atoms with Crippen LogP contribution in [0.5, 0.6) is 0 Å². The zero-order valence-electron chi connectivity index (χ0n) is 6.57. The van der Waals surface area contributed by atoms with E-state index in [0.717, 1.165) is 0 Å². The van der Waals surface area contributed by atoms with Gasteiger partial charge < -0.3 is 0 Å². The van der Waals surface area contributed by atoms with Crippen molar-refractivity contribution < 1.29 is 0 Å². The lowest BCUT2D eigenvalue weighted by Gasteiger charge is -1.68. The fourth-order valence-electron chi connectivity index (χ4n) is 0. The third kappa shape index (κ3) is 39.8. The molecule has 0 spiro atoms. The van der Waals surface area contributed by atoms with Gasteiger partial charge in [-0.1, -0.05) is 33.3 Å². The molecule has 0 amide bonds. The Morgan fingerprint density at radius 1 is 1.44 bits per heavy atom. The van der Waals surface area contributed by atoms with Gasteiger partial charge in [0.15, 0.2) is 0 Å². The summed E-state index contributed by atoms with van der Waals surface area (Å²) in [6, 6.07) is 1.83. The lowest BCUT2D eigenvalue weighted by Crippen LogP contribution is -1.51. The molecule has 0 saturated heterocycles. The van der Waals surface area contributed by atoms with Crippen molar-refractivity contribution in [2.45, 2.75) is 33.6 Å². The van der Waals surface area contributed by atoms with E-state index in [1.165, 1.54) is 12.8 Å². The minimum Gasteiger partial charge on any atom is -0.193 e. The van der Waals surface area contributed by atoms with Gasteiger partial charge in [0.1, 0.15) is 0 Å². The van der Waals surface area contributed by atoms with Gasteiger partial charge in [0.2, 0.25) is 0 Å². The average molecular weight is 125 g/mol. The smallest absolute Gasteiger partial charge is 0.0937 e. The molecule has 9 heavy (non-hydrogen) atoms. The Balaban J connectivity index is 0. The molecule has 52 valence electrons. The van der Waals surface area contributed by atoms with Crippen molar-refractivity contribution in [2.24, 2.45) is 0 Å². The fraction of sp³-hybridized carbons (Fsp3) is 0.625. The average Bonchev–Trinajstić information content (AvgIpc) is 1.89. The molecule has 0 radical (unpaired) electrons. The van der Waals surface area contributed by atoms with Gasteiger partial charge in [-0.15, -0.1) is 0 Å². The largest absolute Gasteiger partial charge is 0.193 e. The standard InChI is InChI=1S/C4H5N.C4H10/c1-4(2)3-5;1-3-4-2/h1H2,2H3;3-4H2,1-2H3. The Morgan fingerprint density at radius 3 is 1.67 bits per heavy atom. The van der Waals surface area contributed by atoms with E-state index in [0.29, 0.717) is 5.57 Å². The van der Waals surface area contributed by atoms with Crippen molar-refractivity contribution >= 4 is 0 Å². The molecule has 0 atom stereocenters. The normalized spacial score (nSPS) is 6.44. The van der Waals surface area contributed by atoms with E-state index in [2.05, 4.69) is 20.4 Å². The zero-order chi connectivity index (χ0) is 7.70. The van der Waals surface area contributed by atoms with Crippen molar-refractivity contribution in [2.75, 3.05) is 0 Å². The van der Waals surface area contributed by atoms with Crippen LogP contribution in [-0.2, 0) is 0 Å². The van der Waals surface area contributed by atoms with E-state index in [1.54, 1.807) is 6.92 Å². The van der Waals surface area contributed by atoms with Crippen LogP contribution < -0.4 is 0 Å². The van der Waals surface area contributed by atoms with Gasteiger partial charge in [-0.25, -0.2) is 0 Å². The summed E-state index contributed by atoms with van der Waals surface area (Å²) in [5.41, 5.74) is 0.560. The zero-order valence-corrected chi connectivity index (χ0v) is 6.57. The lowest BCUT2D eigenvalue weighted by molar-refractivity contribution is 0.886. The molecular formula is C8H15N. The molecule has 0 rings (SSSR count). The summed E-state index contributed by atoms with van der Waals surface area (Å²) in [5.74, 6) is 0. The summed E-state index contributed by atoms with van der Waals surface area (Å²) >= 11 is 0. The molecule has 0 aromatic carbocycles. The van der Waals surface area contributed by atoms with Crippen LogP contribution >= 0.6 is 0 Å². The van der Waals surface area contributed by atoms with E-state index in [4.69, 9.17) is 5.26 Å². The van der Waals surface area contributed by atoms with E-state index in [-0.39, 0.29) is 0 Å². The number of nitrogens with zero attached hydrogens (tertiary/aromatic N) is 1. The summed E-state index contributed by atoms with van der Waals surface area (Å²) < 4.78 is 0. The van der Waals surface area contributed by atoms with Crippen molar-refractivity contribution in [3.63, 3.8) is 0 Å². The molecule has 0 saturated carbocycles. The van der Waals surface area contributed by atoms with Crippen LogP contribution in [-0.4, -0.2) is 0 Å². The predicted octanol–water partition coefficient (Wildman–Crippen LogP) is 2.89. The maximum Gasteiger partial charge on any atom is 0.0937 e. The molecular weight excluding hydrogens is 110 g/mol. The summed E-state index contributed by atoms with van der Waals surface area (Å²) in [6.45, 7) is 9.34.